The van der Waals surface area contributed by atoms with Crippen molar-refractivity contribution in [3.8, 4) is 17.0 Å². The maximum absolute atomic E-state index is 5.97. The van der Waals surface area contributed by atoms with Crippen LogP contribution in [-0.2, 0) is 13.5 Å². The number of methoxy groups -OCH3 is 1. The van der Waals surface area contributed by atoms with Gasteiger partial charge in [0.15, 0.2) is 0 Å². The smallest absolute Gasteiger partial charge is 0.332 e. The molecule has 2 N–H and O–H groups in total. The molecule has 17 heavy (non-hydrogen) atoms. The Morgan fingerprint density at radius 1 is 1.29 bits per heavy atom. The summed E-state index contributed by atoms with van der Waals surface area (Å²) in [4.78, 5) is 1.31. The second-order valence-corrected chi connectivity index (χ2v) is 4.97. The molecule has 0 spiro atoms. The molecule has 1 aromatic carbocycles. The fraction of sp³-hybridized carbons (Fsp3) is 0.308. The van der Waals surface area contributed by atoms with E-state index in [0.29, 0.717) is 0 Å². The number of aryl methyl sites for hydroxylation is 1. The van der Waals surface area contributed by atoms with Crippen molar-refractivity contribution in [3.05, 3.63) is 29.1 Å². The topological polar surface area (TPSA) is 39.1 Å². The Balaban J connectivity index is 2.51. The molecule has 90 valence electrons. The highest BCUT2D eigenvalue weighted by Crippen LogP contribution is 2.29. The number of anilines is 1. The molecule has 0 aliphatic carbocycles. The van der Waals surface area contributed by atoms with Crippen molar-refractivity contribution in [2.75, 3.05) is 12.8 Å². The van der Waals surface area contributed by atoms with Crippen LogP contribution in [0.4, 0.5) is 5.13 Å². The molecule has 0 amide bonds. The molecule has 1 heterocycles. The molecule has 0 aliphatic rings. The number of aromatic nitrogens is 1. The summed E-state index contributed by atoms with van der Waals surface area (Å²) in [5.74, 6) is 0.873. The molecule has 0 fully saturated rings. The largest absolute Gasteiger partial charge is 0.497 e. The second-order valence-electron chi connectivity index (χ2n) is 3.85. The summed E-state index contributed by atoms with van der Waals surface area (Å²) in [6, 6.07) is 8.09. The van der Waals surface area contributed by atoms with E-state index in [0.717, 1.165) is 17.3 Å². The molecule has 0 saturated heterocycles. The lowest BCUT2D eigenvalue weighted by Crippen LogP contribution is -2.31. The van der Waals surface area contributed by atoms with Crippen molar-refractivity contribution in [1.29, 1.82) is 0 Å². The Labute approximate surface area is 105 Å². The van der Waals surface area contributed by atoms with Gasteiger partial charge in [-0.15, -0.1) is 0 Å². The van der Waals surface area contributed by atoms with Gasteiger partial charge in [-0.25, -0.2) is 4.57 Å². The first kappa shape index (κ1) is 11.9. The summed E-state index contributed by atoms with van der Waals surface area (Å²) in [7, 11) is 3.68. The lowest BCUT2D eigenvalue weighted by molar-refractivity contribution is -0.641. The number of ether oxygens (including phenoxy) is 1. The van der Waals surface area contributed by atoms with Crippen molar-refractivity contribution < 1.29 is 9.30 Å². The minimum absolute atomic E-state index is 0.840. The molecular weight excluding hydrogens is 232 g/mol. The Bertz CT molecular complexity index is 517. The van der Waals surface area contributed by atoms with Crippen LogP contribution in [-0.4, -0.2) is 7.11 Å². The van der Waals surface area contributed by atoms with Crippen LogP contribution in [0.5, 0.6) is 5.75 Å². The van der Waals surface area contributed by atoms with Gasteiger partial charge >= 0.3 is 5.13 Å². The number of hydrogen-bond acceptors (Lipinski definition) is 3. The van der Waals surface area contributed by atoms with Crippen molar-refractivity contribution in [3.63, 3.8) is 0 Å². The molecule has 3 nitrogen and oxygen atoms in total. The van der Waals surface area contributed by atoms with E-state index in [1.807, 2.05) is 23.7 Å². The second kappa shape index (κ2) is 4.75. The highest BCUT2D eigenvalue weighted by molar-refractivity contribution is 7.15. The lowest BCUT2D eigenvalue weighted by atomic mass is 10.1. The van der Waals surface area contributed by atoms with Crippen LogP contribution in [0.1, 0.15) is 11.8 Å². The molecule has 2 aromatic rings. The molecule has 0 atom stereocenters. The van der Waals surface area contributed by atoms with Gasteiger partial charge in [-0.1, -0.05) is 18.3 Å². The van der Waals surface area contributed by atoms with Crippen LogP contribution < -0.4 is 15.0 Å². The molecule has 0 bridgehead atoms. The van der Waals surface area contributed by atoms with Gasteiger partial charge < -0.3 is 4.74 Å². The number of hydrogen-bond donors (Lipinski definition) is 1. The van der Waals surface area contributed by atoms with E-state index in [1.165, 1.54) is 16.1 Å². The highest BCUT2D eigenvalue weighted by atomic mass is 32.1. The molecule has 1 aromatic heterocycles. The molecule has 0 radical (unpaired) electrons. The van der Waals surface area contributed by atoms with E-state index < -0.39 is 0 Å². The lowest BCUT2D eigenvalue weighted by Gasteiger charge is -2.03. The summed E-state index contributed by atoms with van der Waals surface area (Å²) < 4.78 is 7.22. The summed E-state index contributed by atoms with van der Waals surface area (Å²) in [6.45, 7) is 2.15. The van der Waals surface area contributed by atoms with E-state index in [4.69, 9.17) is 10.5 Å². The van der Waals surface area contributed by atoms with Crippen molar-refractivity contribution in [2.45, 2.75) is 13.3 Å². The number of rotatable bonds is 3. The van der Waals surface area contributed by atoms with E-state index >= 15 is 0 Å². The van der Waals surface area contributed by atoms with Gasteiger partial charge in [0, 0.05) is 5.56 Å². The normalized spacial score (nSPS) is 10.5. The van der Waals surface area contributed by atoms with Crippen LogP contribution in [0.15, 0.2) is 24.3 Å². The zero-order valence-corrected chi connectivity index (χ0v) is 11.2. The Morgan fingerprint density at radius 2 is 1.94 bits per heavy atom. The number of benzene rings is 1. The van der Waals surface area contributed by atoms with Crippen molar-refractivity contribution in [1.82, 2.24) is 0 Å². The predicted molar refractivity (Wildman–Crippen MR) is 71.3 cm³/mol. The third-order valence-corrected chi connectivity index (χ3v) is 4.05. The Hall–Kier alpha value is -1.55. The number of thiazole rings is 1. The van der Waals surface area contributed by atoms with E-state index in [2.05, 4.69) is 19.1 Å². The minimum Gasteiger partial charge on any atom is -0.497 e. The van der Waals surface area contributed by atoms with Gasteiger partial charge in [-0.3, -0.25) is 5.73 Å². The van der Waals surface area contributed by atoms with Crippen LogP contribution in [0.3, 0.4) is 0 Å². The first-order valence-corrected chi connectivity index (χ1v) is 6.40. The molecule has 4 heteroatoms. The van der Waals surface area contributed by atoms with Crippen LogP contribution in [0.25, 0.3) is 11.3 Å². The summed E-state index contributed by atoms with van der Waals surface area (Å²) >= 11 is 1.66. The van der Waals surface area contributed by atoms with Gasteiger partial charge in [0.25, 0.3) is 0 Å². The maximum Gasteiger partial charge on any atom is 0.332 e. The Morgan fingerprint density at radius 3 is 2.47 bits per heavy atom. The molecule has 0 unspecified atom stereocenters. The van der Waals surface area contributed by atoms with Gasteiger partial charge in [0.05, 0.1) is 19.0 Å². The maximum atomic E-state index is 5.97. The fourth-order valence-electron chi connectivity index (χ4n) is 1.88. The number of nitrogen functional groups attached to an aromatic ring is 1. The first-order chi connectivity index (χ1) is 8.17. The van der Waals surface area contributed by atoms with Crippen LogP contribution >= 0.6 is 11.3 Å². The third kappa shape index (κ3) is 2.13. The standard InChI is InChI=1S/C13H16N2OS/c1-4-11-12(15(2)13(14)17-11)9-5-7-10(16-3)8-6-9/h5-8,14H,4H2,1-3H3/p+1. The average Bonchev–Trinajstić information content (AvgIpc) is 2.65. The third-order valence-electron chi connectivity index (χ3n) is 2.84. The van der Waals surface area contributed by atoms with Gasteiger partial charge in [0.2, 0.25) is 0 Å². The van der Waals surface area contributed by atoms with E-state index in [-0.39, 0.29) is 0 Å². The average molecular weight is 249 g/mol. The molecule has 0 saturated carbocycles. The molecular formula is C13H17N2OS+. The van der Waals surface area contributed by atoms with E-state index in [9.17, 15) is 0 Å². The van der Waals surface area contributed by atoms with Gasteiger partial charge in [-0.2, -0.15) is 0 Å². The number of nitrogens with zero attached hydrogens (tertiary/aromatic N) is 1. The zero-order valence-electron chi connectivity index (χ0n) is 10.4. The Kier molecular flexibility index (Phi) is 3.33. The zero-order chi connectivity index (χ0) is 12.4. The predicted octanol–water partition coefficient (Wildman–Crippen LogP) is 2.39. The quantitative estimate of drug-likeness (QED) is 0.848. The summed E-state index contributed by atoms with van der Waals surface area (Å²) in [6.07, 6.45) is 0.997. The summed E-state index contributed by atoms with van der Waals surface area (Å²) in [5, 5.41) is 0.840. The monoisotopic (exact) mass is 249 g/mol. The molecule has 2 rings (SSSR count). The van der Waals surface area contributed by atoms with Crippen molar-refractivity contribution >= 4 is 16.5 Å². The highest BCUT2D eigenvalue weighted by Gasteiger charge is 2.18. The van der Waals surface area contributed by atoms with Crippen molar-refractivity contribution in [2.24, 2.45) is 7.05 Å². The molecule has 0 aliphatic heterocycles. The fourth-order valence-corrected chi connectivity index (χ4v) is 2.86. The van der Waals surface area contributed by atoms with Gasteiger partial charge in [0.1, 0.15) is 11.4 Å². The minimum atomic E-state index is 0.840. The SMILES string of the molecule is CCc1sc(N)[n+](C)c1-c1ccc(OC)cc1. The first-order valence-electron chi connectivity index (χ1n) is 5.59. The number of nitrogens with two attached hydrogens (primary N) is 1. The van der Waals surface area contributed by atoms with Crippen LogP contribution in [0, 0.1) is 0 Å². The summed E-state index contributed by atoms with van der Waals surface area (Å²) in [5.41, 5.74) is 8.35. The van der Waals surface area contributed by atoms with Gasteiger partial charge in [-0.05, 0) is 30.7 Å². The van der Waals surface area contributed by atoms with Crippen LogP contribution in [0.2, 0.25) is 0 Å². The van der Waals surface area contributed by atoms with E-state index in [1.54, 1.807) is 18.4 Å².